The van der Waals surface area contributed by atoms with E-state index in [1.54, 1.807) is 0 Å². The van der Waals surface area contributed by atoms with Crippen molar-refractivity contribution in [1.29, 1.82) is 0 Å². The number of hydrogen-bond donors (Lipinski definition) is 2. The van der Waals surface area contributed by atoms with E-state index in [0.717, 1.165) is 6.42 Å². The maximum Gasteiger partial charge on any atom is 0.0526 e. The van der Waals surface area contributed by atoms with Gasteiger partial charge in [-0.3, -0.25) is 0 Å². The van der Waals surface area contributed by atoms with E-state index in [1.165, 1.54) is 19.3 Å². The number of piperidine rings is 1. The van der Waals surface area contributed by atoms with Gasteiger partial charge >= 0.3 is 0 Å². The van der Waals surface area contributed by atoms with Crippen LogP contribution in [0.5, 0.6) is 0 Å². The number of rotatable bonds is 2. The Balaban J connectivity index is 0.00000121. The van der Waals surface area contributed by atoms with Crippen LogP contribution in [-0.2, 0) is 0 Å². The van der Waals surface area contributed by atoms with Crippen molar-refractivity contribution in [2.24, 2.45) is 0 Å². The van der Waals surface area contributed by atoms with Crippen molar-refractivity contribution in [2.75, 3.05) is 0 Å². The molecule has 2 nitrogen and oxygen atoms in total. The standard InChI is InChI=1S/C9H19NO.ClH/c1-7-4-3-5-9(10-7)6-8(2)11;/h7-11H,3-6H2,1-2H3;1H/t7-,8-,9-;/m1./s1. The predicted molar refractivity (Wildman–Crippen MR) is 53.8 cm³/mol. The van der Waals surface area contributed by atoms with Crippen LogP contribution in [0.2, 0.25) is 0 Å². The largest absolute Gasteiger partial charge is 0.393 e. The molecule has 1 aliphatic rings. The van der Waals surface area contributed by atoms with Gasteiger partial charge in [0.15, 0.2) is 0 Å². The third-order valence-corrected chi connectivity index (χ3v) is 2.34. The molecule has 1 heterocycles. The molecule has 0 saturated carbocycles. The van der Waals surface area contributed by atoms with Crippen molar-refractivity contribution < 1.29 is 5.11 Å². The normalized spacial score (nSPS) is 32.2. The van der Waals surface area contributed by atoms with Crippen LogP contribution in [0.25, 0.3) is 0 Å². The fraction of sp³-hybridized carbons (Fsp3) is 1.00. The molecule has 3 heteroatoms. The van der Waals surface area contributed by atoms with Gasteiger partial charge in [-0.25, -0.2) is 0 Å². The summed E-state index contributed by atoms with van der Waals surface area (Å²) in [6.45, 7) is 4.08. The van der Waals surface area contributed by atoms with E-state index >= 15 is 0 Å². The lowest BCUT2D eigenvalue weighted by molar-refractivity contribution is 0.154. The minimum Gasteiger partial charge on any atom is -0.393 e. The fourth-order valence-corrected chi connectivity index (χ4v) is 1.84. The number of halogens is 1. The molecule has 0 aromatic rings. The van der Waals surface area contributed by atoms with E-state index in [1.807, 2.05) is 6.92 Å². The Labute approximate surface area is 81.2 Å². The second-order valence-corrected chi connectivity index (χ2v) is 3.78. The third-order valence-electron chi connectivity index (χ3n) is 2.34. The van der Waals surface area contributed by atoms with Crippen molar-refractivity contribution in [3.05, 3.63) is 0 Å². The summed E-state index contributed by atoms with van der Waals surface area (Å²) in [7, 11) is 0. The molecule has 74 valence electrons. The zero-order valence-corrected chi connectivity index (χ0v) is 8.73. The average Bonchev–Trinajstić information content (AvgIpc) is 1.85. The van der Waals surface area contributed by atoms with Crippen molar-refractivity contribution in [2.45, 2.75) is 57.7 Å². The molecule has 0 radical (unpaired) electrons. The van der Waals surface area contributed by atoms with Crippen LogP contribution in [-0.4, -0.2) is 23.3 Å². The lowest BCUT2D eigenvalue weighted by atomic mass is 9.96. The summed E-state index contributed by atoms with van der Waals surface area (Å²) in [5, 5.41) is 12.6. The Morgan fingerprint density at radius 1 is 1.50 bits per heavy atom. The Hall–Kier alpha value is 0.210. The number of aliphatic hydroxyl groups is 1. The second-order valence-electron chi connectivity index (χ2n) is 3.78. The summed E-state index contributed by atoms with van der Waals surface area (Å²) in [5.74, 6) is 0. The first kappa shape index (κ1) is 12.2. The Morgan fingerprint density at radius 3 is 2.67 bits per heavy atom. The first-order valence-electron chi connectivity index (χ1n) is 4.62. The molecule has 1 fully saturated rings. The van der Waals surface area contributed by atoms with E-state index in [4.69, 9.17) is 5.11 Å². The molecule has 0 amide bonds. The molecule has 0 aliphatic carbocycles. The first-order valence-corrected chi connectivity index (χ1v) is 4.62. The van der Waals surface area contributed by atoms with Crippen molar-refractivity contribution in [1.82, 2.24) is 5.32 Å². The first-order chi connectivity index (χ1) is 5.18. The molecule has 0 unspecified atom stereocenters. The molecule has 12 heavy (non-hydrogen) atoms. The predicted octanol–water partition coefficient (Wildman–Crippen LogP) is 1.71. The van der Waals surface area contributed by atoms with Crippen LogP contribution in [0.3, 0.4) is 0 Å². The maximum atomic E-state index is 9.15. The number of nitrogens with one attached hydrogen (secondary N) is 1. The zero-order valence-electron chi connectivity index (χ0n) is 7.92. The molecule has 1 saturated heterocycles. The van der Waals surface area contributed by atoms with Gasteiger partial charge in [0.25, 0.3) is 0 Å². The smallest absolute Gasteiger partial charge is 0.0526 e. The number of hydrogen-bond acceptors (Lipinski definition) is 2. The Kier molecular flexibility index (Phi) is 5.89. The highest BCUT2D eigenvalue weighted by Crippen LogP contribution is 2.15. The van der Waals surface area contributed by atoms with E-state index < -0.39 is 0 Å². The van der Waals surface area contributed by atoms with E-state index in [-0.39, 0.29) is 18.5 Å². The lowest BCUT2D eigenvalue weighted by Gasteiger charge is -2.29. The van der Waals surface area contributed by atoms with E-state index in [2.05, 4.69) is 12.2 Å². The van der Waals surface area contributed by atoms with Gasteiger partial charge in [-0.1, -0.05) is 6.42 Å². The summed E-state index contributed by atoms with van der Waals surface area (Å²) in [4.78, 5) is 0. The molecule has 0 bridgehead atoms. The van der Waals surface area contributed by atoms with Gasteiger partial charge in [0, 0.05) is 12.1 Å². The number of aliphatic hydroxyl groups excluding tert-OH is 1. The fourth-order valence-electron chi connectivity index (χ4n) is 1.84. The topological polar surface area (TPSA) is 32.3 Å². The van der Waals surface area contributed by atoms with Crippen LogP contribution < -0.4 is 5.32 Å². The van der Waals surface area contributed by atoms with Gasteiger partial charge in [-0.2, -0.15) is 0 Å². The molecule has 1 rings (SSSR count). The minimum atomic E-state index is -0.155. The minimum absolute atomic E-state index is 0. The monoisotopic (exact) mass is 193 g/mol. The van der Waals surface area contributed by atoms with Gasteiger partial charge in [0.05, 0.1) is 6.10 Å². The van der Waals surface area contributed by atoms with Gasteiger partial charge < -0.3 is 10.4 Å². The van der Waals surface area contributed by atoms with Crippen LogP contribution in [0, 0.1) is 0 Å². The second kappa shape index (κ2) is 5.79. The van der Waals surface area contributed by atoms with Gasteiger partial charge in [0.1, 0.15) is 0 Å². The van der Waals surface area contributed by atoms with Crippen LogP contribution >= 0.6 is 12.4 Å². The molecule has 0 spiro atoms. The highest BCUT2D eigenvalue weighted by Gasteiger charge is 2.18. The molecule has 0 aromatic carbocycles. The Morgan fingerprint density at radius 2 is 2.17 bits per heavy atom. The molecule has 3 atom stereocenters. The van der Waals surface area contributed by atoms with Crippen molar-refractivity contribution >= 4 is 12.4 Å². The van der Waals surface area contributed by atoms with E-state index in [0.29, 0.717) is 12.1 Å². The quantitative estimate of drug-likeness (QED) is 0.700. The molecular weight excluding hydrogens is 174 g/mol. The molecule has 0 aromatic heterocycles. The van der Waals surface area contributed by atoms with Crippen molar-refractivity contribution in [3.8, 4) is 0 Å². The zero-order chi connectivity index (χ0) is 8.27. The SMILES string of the molecule is C[C@@H]1CCC[C@H](C[C@@H](C)O)N1.Cl. The Bertz CT molecular complexity index is 117. The summed E-state index contributed by atoms with van der Waals surface area (Å²) < 4.78 is 0. The lowest BCUT2D eigenvalue weighted by Crippen LogP contribution is -2.41. The van der Waals surface area contributed by atoms with Crippen molar-refractivity contribution in [3.63, 3.8) is 0 Å². The van der Waals surface area contributed by atoms with Gasteiger partial charge in [-0.05, 0) is 33.1 Å². The van der Waals surface area contributed by atoms with Crippen LogP contribution in [0.4, 0.5) is 0 Å². The van der Waals surface area contributed by atoms with Crippen LogP contribution in [0.1, 0.15) is 39.5 Å². The summed E-state index contributed by atoms with van der Waals surface area (Å²) >= 11 is 0. The molecule has 1 aliphatic heterocycles. The summed E-state index contributed by atoms with van der Waals surface area (Å²) in [5.41, 5.74) is 0. The third kappa shape index (κ3) is 4.29. The molecular formula is C9H20ClNO. The van der Waals surface area contributed by atoms with E-state index in [9.17, 15) is 0 Å². The van der Waals surface area contributed by atoms with Gasteiger partial charge in [-0.15, -0.1) is 12.4 Å². The maximum absolute atomic E-state index is 9.15. The highest BCUT2D eigenvalue weighted by atomic mass is 35.5. The summed E-state index contributed by atoms with van der Waals surface area (Å²) in [6.07, 6.45) is 4.58. The average molecular weight is 194 g/mol. The summed E-state index contributed by atoms with van der Waals surface area (Å²) in [6, 6.07) is 1.20. The molecule has 2 N–H and O–H groups in total. The highest BCUT2D eigenvalue weighted by molar-refractivity contribution is 5.85. The van der Waals surface area contributed by atoms with Gasteiger partial charge in [0.2, 0.25) is 0 Å². The van der Waals surface area contributed by atoms with Crippen LogP contribution in [0.15, 0.2) is 0 Å².